The normalized spacial score (nSPS) is 22.7. The van der Waals surface area contributed by atoms with Crippen molar-refractivity contribution in [1.29, 1.82) is 0 Å². The molecule has 1 fully saturated rings. The van der Waals surface area contributed by atoms with Gasteiger partial charge in [0, 0.05) is 17.3 Å². The highest BCUT2D eigenvalue weighted by molar-refractivity contribution is 7.12. The van der Waals surface area contributed by atoms with Crippen molar-refractivity contribution in [3.8, 4) is 0 Å². The van der Waals surface area contributed by atoms with E-state index in [9.17, 15) is 24.3 Å². The van der Waals surface area contributed by atoms with E-state index in [1.165, 1.54) is 13.2 Å². The van der Waals surface area contributed by atoms with Gasteiger partial charge in [0.1, 0.15) is 16.7 Å². The fraction of sp³-hybridized carbons (Fsp3) is 0.154. The van der Waals surface area contributed by atoms with Crippen LogP contribution in [-0.4, -0.2) is 46.5 Å². The third kappa shape index (κ3) is 2.94. The number of nitrogens with zero attached hydrogens (tertiary/aromatic N) is 3. The van der Waals surface area contributed by atoms with E-state index in [1.54, 1.807) is 54.0 Å². The summed E-state index contributed by atoms with van der Waals surface area (Å²) in [5.74, 6) is -4.74. The summed E-state index contributed by atoms with van der Waals surface area (Å²) in [5.41, 5.74) is 1.17. The maximum atomic E-state index is 13.8. The SMILES string of the molecule is COC(=O)c1sccc1N1C(=O)[C@H]2C(C3=C(O)c4ccccc4C3=O)=N[C@@H](c3ccccn3)[C@H]2C1=O. The van der Waals surface area contributed by atoms with Crippen molar-refractivity contribution in [1.82, 2.24) is 4.98 Å². The first-order chi connectivity index (χ1) is 17.4. The smallest absolute Gasteiger partial charge is 0.350 e. The van der Waals surface area contributed by atoms with Crippen molar-refractivity contribution in [2.75, 3.05) is 12.0 Å². The second-order valence-corrected chi connectivity index (χ2v) is 9.37. The molecule has 36 heavy (non-hydrogen) atoms. The van der Waals surface area contributed by atoms with Gasteiger partial charge >= 0.3 is 5.97 Å². The molecule has 3 atom stereocenters. The van der Waals surface area contributed by atoms with E-state index in [0.717, 1.165) is 16.2 Å². The standard InChI is InChI=1S/C26H17N3O6S/c1-35-26(34)23-15(9-11-36-23)29-24(32)16-17(25(29)33)20(28-19(16)14-8-4-5-10-27-14)18-21(30)12-6-2-3-7-13(12)22(18)31/h2-11,16-17,19,30H,1H3/t16-,17+,19-/m0/s1. The molecule has 2 aromatic heterocycles. The Kier molecular flexibility index (Phi) is 4.94. The molecule has 178 valence electrons. The number of carbonyl (C=O) groups excluding carboxylic acids is 4. The molecule has 0 saturated carbocycles. The number of pyridine rings is 1. The number of aliphatic hydroxyl groups is 1. The second kappa shape index (κ2) is 8.06. The molecule has 2 amide bonds. The van der Waals surface area contributed by atoms with Gasteiger partial charge in [-0.15, -0.1) is 11.3 Å². The summed E-state index contributed by atoms with van der Waals surface area (Å²) in [4.78, 5) is 63.3. The van der Waals surface area contributed by atoms with Crippen LogP contribution in [0, 0.1) is 11.8 Å². The van der Waals surface area contributed by atoms with E-state index in [2.05, 4.69) is 9.98 Å². The molecule has 0 spiro atoms. The molecule has 0 radical (unpaired) electrons. The number of ether oxygens (including phenoxy) is 1. The Hall–Kier alpha value is -4.44. The number of allylic oxidation sites excluding steroid dienone is 1. The summed E-state index contributed by atoms with van der Waals surface area (Å²) in [6.07, 6.45) is 1.55. The van der Waals surface area contributed by atoms with Crippen LogP contribution in [-0.2, 0) is 14.3 Å². The number of hydrogen-bond acceptors (Lipinski definition) is 9. The van der Waals surface area contributed by atoms with E-state index in [0.29, 0.717) is 16.8 Å². The number of aromatic nitrogens is 1. The summed E-state index contributed by atoms with van der Waals surface area (Å²) in [7, 11) is 1.22. The average Bonchev–Trinajstić information content (AvgIpc) is 3.64. The Labute approximate surface area is 208 Å². The number of thiophene rings is 1. The van der Waals surface area contributed by atoms with Gasteiger partial charge in [0.2, 0.25) is 11.8 Å². The highest BCUT2D eigenvalue weighted by Crippen LogP contribution is 2.49. The first kappa shape index (κ1) is 22.1. The number of esters is 1. The second-order valence-electron chi connectivity index (χ2n) is 8.45. The number of aliphatic hydroxyl groups excluding tert-OH is 1. The molecule has 1 saturated heterocycles. The van der Waals surface area contributed by atoms with Crippen molar-refractivity contribution in [2.45, 2.75) is 6.04 Å². The van der Waals surface area contributed by atoms with Gasteiger partial charge in [-0.2, -0.15) is 0 Å². The number of Topliss-reactive ketones (excluding diaryl/α,β-unsaturated/α-hetero) is 1. The molecular formula is C26H17N3O6S. The number of imide groups is 1. The van der Waals surface area contributed by atoms with E-state index in [1.807, 2.05) is 0 Å². The molecule has 4 heterocycles. The van der Waals surface area contributed by atoms with Gasteiger partial charge in [0.25, 0.3) is 0 Å². The number of ketones is 1. The van der Waals surface area contributed by atoms with Crippen LogP contribution in [0.4, 0.5) is 5.69 Å². The Morgan fingerprint density at radius 2 is 1.78 bits per heavy atom. The number of anilines is 1. The minimum absolute atomic E-state index is 0.0463. The monoisotopic (exact) mass is 499 g/mol. The van der Waals surface area contributed by atoms with Crippen LogP contribution in [0.3, 0.4) is 0 Å². The number of amides is 2. The van der Waals surface area contributed by atoms with Crippen LogP contribution < -0.4 is 4.90 Å². The molecule has 9 nitrogen and oxygen atoms in total. The molecular weight excluding hydrogens is 482 g/mol. The zero-order valence-electron chi connectivity index (χ0n) is 18.7. The fourth-order valence-corrected chi connectivity index (χ4v) is 5.89. The molecule has 0 unspecified atom stereocenters. The minimum Gasteiger partial charge on any atom is -0.506 e. The predicted molar refractivity (Wildman–Crippen MR) is 130 cm³/mol. The predicted octanol–water partition coefficient (Wildman–Crippen LogP) is 3.40. The minimum atomic E-state index is -1.13. The third-order valence-corrected chi connectivity index (χ3v) is 7.54. The maximum absolute atomic E-state index is 13.8. The van der Waals surface area contributed by atoms with Crippen LogP contribution in [0.1, 0.15) is 37.3 Å². The molecule has 3 aliphatic rings. The van der Waals surface area contributed by atoms with Crippen molar-refractivity contribution in [2.24, 2.45) is 16.8 Å². The Morgan fingerprint density at radius 3 is 2.47 bits per heavy atom. The molecule has 1 aromatic carbocycles. The van der Waals surface area contributed by atoms with Gasteiger partial charge in [-0.05, 0) is 23.6 Å². The number of aliphatic imine (C=N–C) groups is 1. The van der Waals surface area contributed by atoms with Gasteiger partial charge in [-0.1, -0.05) is 30.3 Å². The number of benzene rings is 1. The van der Waals surface area contributed by atoms with Gasteiger partial charge in [0.15, 0.2) is 5.78 Å². The third-order valence-electron chi connectivity index (χ3n) is 6.66. The first-order valence-corrected chi connectivity index (χ1v) is 11.9. The van der Waals surface area contributed by atoms with Crippen LogP contribution in [0.5, 0.6) is 0 Å². The number of rotatable bonds is 4. The van der Waals surface area contributed by atoms with Gasteiger partial charge in [-0.3, -0.25) is 24.4 Å². The number of carbonyl (C=O) groups is 4. The van der Waals surface area contributed by atoms with Gasteiger partial charge in [0.05, 0.1) is 41.6 Å². The van der Waals surface area contributed by atoms with E-state index in [-0.39, 0.29) is 27.6 Å². The summed E-state index contributed by atoms with van der Waals surface area (Å²) in [6.45, 7) is 0. The number of methoxy groups -OCH3 is 1. The first-order valence-electron chi connectivity index (χ1n) is 11.0. The van der Waals surface area contributed by atoms with Crippen LogP contribution in [0.15, 0.2) is 70.7 Å². The van der Waals surface area contributed by atoms with Crippen molar-refractivity contribution >= 4 is 52.1 Å². The van der Waals surface area contributed by atoms with Crippen molar-refractivity contribution < 1.29 is 29.0 Å². The largest absolute Gasteiger partial charge is 0.506 e. The van der Waals surface area contributed by atoms with Crippen LogP contribution in [0.25, 0.3) is 5.76 Å². The Balaban J connectivity index is 1.51. The molecule has 2 aliphatic heterocycles. The van der Waals surface area contributed by atoms with E-state index < -0.39 is 41.4 Å². The lowest BCUT2D eigenvalue weighted by molar-refractivity contribution is -0.122. The molecule has 6 rings (SSSR count). The van der Waals surface area contributed by atoms with Crippen molar-refractivity contribution in [3.63, 3.8) is 0 Å². The lowest BCUT2D eigenvalue weighted by atomic mass is 9.84. The zero-order valence-corrected chi connectivity index (χ0v) is 19.6. The Bertz CT molecular complexity index is 1540. The quantitative estimate of drug-likeness (QED) is 0.431. The van der Waals surface area contributed by atoms with Crippen LogP contribution >= 0.6 is 11.3 Å². The summed E-state index contributed by atoms with van der Waals surface area (Å²) < 4.78 is 4.82. The molecule has 1 aliphatic carbocycles. The highest BCUT2D eigenvalue weighted by Gasteiger charge is 2.60. The lowest BCUT2D eigenvalue weighted by Gasteiger charge is -2.18. The molecule has 1 N–H and O–H groups in total. The van der Waals surface area contributed by atoms with Crippen LogP contribution in [0.2, 0.25) is 0 Å². The summed E-state index contributed by atoms with van der Waals surface area (Å²) in [6, 6.07) is 12.4. The highest BCUT2D eigenvalue weighted by atomic mass is 32.1. The molecule has 3 aromatic rings. The summed E-state index contributed by atoms with van der Waals surface area (Å²) >= 11 is 1.05. The zero-order chi connectivity index (χ0) is 25.1. The summed E-state index contributed by atoms with van der Waals surface area (Å²) in [5, 5.41) is 12.6. The number of fused-ring (bicyclic) bond motifs is 2. The van der Waals surface area contributed by atoms with Crippen molar-refractivity contribution in [3.05, 3.63) is 87.4 Å². The van der Waals surface area contributed by atoms with Gasteiger partial charge < -0.3 is 9.84 Å². The lowest BCUT2D eigenvalue weighted by Crippen LogP contribution is -2.34. The maximum Gasteiger partial charge on any atom is 0.350 e. The Morgan fingerprint density at radius 1 is 1.03 bits per heavy atom. The van der Waals surface area contributed by atoms with Gasteiger partial charge in [-0.25, -0.2) is 9.69 Å². The van der Waals surface area contributed by atoms with E-state index >= 15 is 0 Å². The number of hydrogen-bond donors (Lipinski definition) is 1. The molecule has 0 bridgehead atoms. The average molecular weight is 500 g/mol. The van der Waals surface area contributed by atoms with E-state index in [4.69, 9.17) is 4.74 Å². The topological polar surface area (TPSA) is 126 Å². The fourth-order valence-electron chi connectivity index (χ4n) is 5.09. The molecule has 10 heteroatoms.